The number of anilines is 1. The van der Waals surface area contributed by atoms with Crippen molar-refractivity contribution in [1.82, 2.24) is 24.9 Å². The lowest BCUT2D eigenvalue weighted by Gasteiger charge is -2.30. The normalized spacial score (nSPS) is 15.4. The lowest BCUT2D eigenvalue weighted by atomic mass is 10.0. The van der Waals surface area contributed by atoms with Gasteiger partial charge in [-0.2, -0.15) is 18.2 Å². The highest BCUT2D eigenvalue weighted by molar-refractivity contribution is 7.12. The van der Waals surface area contributed by atoms with E-state index in [-0.39, 0.29) is 35.9 Å². The topological polar surface area (TPSA) is 88.2 Å². The van der Waals surface area contributed by atoms with E-state index >= 15 is 0 Å². The Morgan fingerprint density at radius 2 is 2.03 bits per heavy atom. The molecule has 1 aromatic carbocycles. The lowest BCUT2D eigenvalue weighted by molar-refractivity contribution is -0.139. The highest BCUT2D eigenvalue weighted by Crippen LogP contribution is 2.34. The summed E-state index contributed by atoms with van der Waals surface area (Å²) >= 11 is 1.29. The average molecular weight is 519 g/mol. The van der Waals surface area contributed by atoms with Gasteiger partial charge in [0.2, 0.25) is 11.7 Å². The molecule has 1 aliphatic heterocycles. The summed E-state index contributed by atoms with van der Waals surface area (Å²) in [5, 5.41) is 12.6. The number of carbonyl (C=O) groups is 1. The summed E-state index contributed by atoms with van der Waals surface area (Å²) < 4.78 is 47.1. The molecule has 36 heavy (non-hydrogen) atoms. The van der Waals surface area contributed by atoms with Crippen molar-refractivity contribution < 1.29 is 22.5 Å². The predicted octanol–water partition coefficient (Wildman–Crippen LogP) is 4.75. The first-order valence-corrected chi connectivity index (χ1v) is 12.4. The molecule has 0 bridgehead atoms. The van der Waals surface area contributed by atoms with Gasteiger partial charge in [-0.3, -0.25) is 4.79 Å². The third-order valence-electron chi connectivity index (χ3n) is 6.20. The Bertz CT molecular complexity index is 1340. The average Bonchev–Trinajstić information content (AvgIpc) is 3.59. The van der Waals surface area contributed by atoms with Crippen LogP contribution in [0.25, 0.3) is 22.4 Å². The van der Waals surface area contributed by atoms with E-state index in [1.54, 1.807) is 35.7 Å². The molecule has 0 atom stereocenters. The minimum Gasteiger partial charge on any atom is -0.382 e. The van der Waals surface area contributed by atoms with E-state index < -0.39 is 12.7 Å². The zero-order valence-corrected chi connectivity index (χ0v) is 20.3. The molecule has 0 aliphatic carbocycles. The van der Waals surface area contributed by atoms with Crippen molar-refractivity contribution in [1.29, 1.82) is 0 Å². The van der Waals surface area contributed by atoms with Crippen molar-refractivity contribution in [2.75, 3.05) is 25.5 Å². The van der Waals surface area contributed by atoms with Crippen molar-refractivity contribution in [3.63, 3.8) is 0 Å². The molecule has 4 aromatic rings. The van der Waals surface area contributed by atoms with Gasteiger partial charge in [-0.1, -0.05) is 17.3 Å². The molecule has 5 rings (SSSR count). The van der Waals surface area contributed by atoms with Crippen LogP contribution in [0.4, 0.5) is 18.9 Å². The molecule has 190 valence electrons. The Morgan fingerprint density at radius 3 is 2.75 bits per heavy atom. The lowest BCUT2D eigenvalue weighted by Crippen LogP contribution is -2.36. The summed E-state index contributed by atoms with van der Waals surface area (Å²) in [6.45, 7) is 0.694. The number of fused-ring (bicyclic) bond motifs is 1. The fourth-order valence-electron chi connectivity index (χ4n) is 4.40. The summed E-state index contributed by atoms with van der Waals surface area (Å²) in [6, 6.07) is 10.6. The largest absolute Gasteiger partial charge is 0.406 e. The summed E-state index contributed by atoms with van der Waals surface area (Å²) in [5.74, 6) is -0.162. The number of amides is 1. The molecule has 4 heterocycles. The van der Waals surface area contributed by atoms with Crippen LogP contribution < -0.4 is 10.6 Å². The monoisotopic (exact) mass is 518 g/mol. The third-order valence-corrected chi connectivity index (χ3v) is 7.07. The van der Waals surface area contributed by atoms with E-state index in [0.29, 0.717) is 15.8 Å². The van der Waals surface area contributed by atoms with Crippen LogP contribution in [0.1, 0.15) is 28.4 Å². The molecule has 0 unspecified atom stereocenters. The van der Waals surface area contributed by atoms with Crippen molar-refractivity contribution in [3.05, 3.63) is 52.5 Å². The Hall–Kier alpha value is -3.38. The van der Waals surface area contributed by atoms with Gasteiger partial charge in [0.05, 0.1) is 22.6 Å². The molecule has 3 aromatic heterocycles. The zero-order chi connectivity index (χ0) is 25.3. The molecule has 0 saturated carbocycles. The van der Waals surface area contributed by atoms with Crippen molar-refractivity contribution >= 4 is 33.8 Å². The zero-order valence-electron chi connectivity index (χ0n) is 19.5. The number of benzene rings is 1. The van der Waals surface area contributed by atoms with Crippen LogP contribution in [0.5, 0.6) is 0 Å². The highest BCUT2D eigenvalue weighted by atomic mass is 32.1. The Kier molecular flexibility index (Phi) is 6.71. The van der Waals surface area contributed by atoms with E-state index in [4.69, 9.17) is 4.52 Å². The van der Waals surface area contributed by atoms with Gasteiger partial charge >= 0.3 is 6.18 Å². The predicted molar refractivity (Wildman–Crippen MR) is 131 cm³/mol. The van der Waals surface area contributed by atoms with Crippen LogP contribution in [-0.4, -0.2) is 57.9 Å². The highest BCUT2D eigenvalue weighted by Gasteiger charge is 2.31. The second-order valence-corrected chi connectivity index (χ2v) is 9.81. The number of rotatable bonds is 7. The molecule has 8 nitrogen and oxygen atoms in total. The first-order chi connectivity index (χ1) is 17.3. The number of aromatic nitrogens is 3. The standard InChI is InChI=1S/C24H25F3N6O2S/c1-32-9-7-15(8-10-32)29-17-4-2-5-18-16(17)12-19(33(18)14-24(25,26)27)22-30-21(35-31-22)13-28-23(34)20-6-3-11-36-20/h2-6,11-12,15,29H,7-10,13-14H2,1H3,(H,28,34). The molecule has 0 radical (unpaired) electrons. The molecule has 1 saturated heterocycles. The van der Waals surface area contributed by atoms with Crippen molar-refractivity contribution in [2.45, 2.75) is 38.1 Å². The minimum atomic E-state index is -4.45. The van der Waals surface area contributed by atoms with E-state index in [1.165, 1.54) is 11.3 Å². The maximum absolute atomic E-state index is 13.5. The van der Waals surface area contributed by atoms with Gasteiger partial charge in [0.15, 0.2) is 0 Å². The van der Waals surface area contributed by atoms with Crippen LogP contribution in [0.3, 0.4) is 0 Å². The quantitative estimate of drug-likeness (QED) is 0.367. The summed E-state index contributed by atoms with van der Waals surface area (Å²) in [6.07, 6.45) is -2.54. The number of halogens is 3. The fraction of sp³-hybridized carbons (Fsp3) is 0.375. The number of hydrogen-bond donors (Lipinski definition) is 2. The number of nitrogens with one attached hydrogen (secondary N) is 2. The van der Waals surface area contributed by atoms with Gasteiger partial charge in [-0.25, -0.2) is 0 Å². The molecule has 2 N–H and O–H groups in total. The van der Waals surface area contributed by atoms with Crippen LogP contribution in [0, 0.1) is 0 Å². The Morgan fingerprint density at radius 1 is 1.22 bits per heavy atom. The van der Waals surface area contributed by atoms with Gasteiger partial charge in [0, 0.05) is 17.1 Å². The van der Waals surface area contributed by atoms with E-state index in [0.717, 1.165) is 36.2 Å². The molecular formula is C24H25F3N6O2S. The molecule has 0 spiro atoms. The molecular weight excluding hydrogens is 493 g/mol. The van der Waals surface area contributed by atoms with Gasteiger partial charge in [0.1, 0.15) is 6.54 Å². The maximum atomic E-state index is 13.5. The molecule has 12 heteroatoms. The molecule has 1 amide bonds. The number of hydrogen-bond acceptors (Lipinski definition) is 7. The first-order valence-electron chi connectivity index (χ1n) is 11.6. The number of alkyl halides is 3. The fourth-order valence-corrected chi connectivity index (χ4v) is 5.04. The molecule has 1 fully saturated rings. The second-order valence-electron chi connectivity index (χ2n) is 8.86. The van der Waals surface area contributed by atoms with E-state index in [1.807, 2.05) is 6.07 Å². The van der Waals surface area contributed by atoms with Crippen LogP contribution >= 0.6 is 11.3 Å². The van der Waals surface area contributed by atoms with Gasteiger partial charge in [0.25, 0.3) is 5.91 Å². The number of nitrogens with zero attached hydrogens (tertiary/aromatic N) is 4. The van der Waals surface area contributed by atoms with Crippen LogP contribution in [-0.2, 0) is 13.1 Å². The number of piperidine rings is 1. The van der Waals surface area contributed by atoms with Crippen molar-refractivity contribution in [3.8, 4) is 11.5 Å². The smallest absolute Gasteiger partial charge is 0.382 e. The van der Waals surface area contributed by atoms with Crippen LogP contribution in [0.15, 0.2) is 46.3 Å². The van der Waals surface area contributed by atoms with Gasteiger partial charge in [-0.15, -0.1) is 11.3 Å². The number of likely N-dealkylation sites (tertiary alicyclic amines) is 1. The van der Waals surface area contributed by atoms with Crippen molar-refractivity contribution in [2.24, 2.45) is 0 Å². The van der Waals surface area contributed by atoms with Gasteiger partial charge < -0.3 is 24.6 Å². The number of thiophene rings is 1. The number of carbonyl (C=O) groups excluding carboxylic acids is 1. The van der Waals surface area contributed by atoms with Gasteiger partial charge in [-0.05, 0) is 62.6 Å². The first kappa shape index (κ1) is 24.3. The minimum absolute atomic E-state index is 0.0288. The Labute approximate surface area is 209 Å². The maximum Gasteiger partial charge on any atom is 0.406 e. The van der Waals surface area contributed by atoms with E-state index in [2.05, 4.69) is 32.7 Å². The second kappa shape index (κ2) is 9.94. The summed E-state index contributed by atoms with van der Waals surface area (Å²) in [7, 11) is 2.08. The molecule has 1 aliphatic rings. The van der Waals surface area contributed by atoms with Crippen LogP contribution in [0.2, 0.25) is 0 Å². The Balaban J connectivity index is 1.43. The van der Waals surface area contributed by atoms with E-state index in [9.17, 15) is 18.0 Å². The SMILES string of the molecule is CN1CCC(Nc2cccc3c2cc(-c2noc(CNC(=O)c4cccs4)n2)n3CC(F)(F)F)CC1. The summed E-state index contributed by atoms with van der Waals surface area (Å²) in [5.41, 5.74) is 1.40. The third kappa shape index (κ3) is 5.39. The summed E-state index contributed by atoms with van der Waals surface area (Å²) in [4.78, 5) is 19.2.